The average Bonchev–Trinajstić information content (AvgIpc) is 2.16. The molecule has 0 spiro atoms. The topological polar surface area (TPSA) is 40.5 Å². The molecule has 1 N–H and O–H groups in total. The zero-order valence-electron chi connectivity index (χ0n) is 9.70. The molecule has 1 unspecified atom stereocenters. The predicted molar refractivity (Wildman–Crippen MR) is 64.7 cm³/mol. The Kier molecular flexibility index (Phi) is 3.94. The van der Waals surface area contributed by atoms with Crippen LogP contribution in [0, 0.1) is 0 Å². The first kappa shape index (κ1) is 13.0. The van der Waals surface area contributed by atoms with Crippen LogP contribution >= 0.6 is 11.6 Å². The van der Waals surface area contributed by atoms with Crippen LogP contribution in [0.1, 0.15) is 18.9 Å². The molecule has 0 amide bonds. The normalized spacial score (nSPS) is 14.8. The molecule has 0 saturated heterocycles. The van der Waals surface area contributed by atoms with Crippen molar-refractivity contribution in [2.24, 2.45) is 0 Å². The van der Waals surface area contributed by atoms with Gasteiger partial charge in [0.1, 0.15) is 0 Å². The highest BCUT2D eigenvalue weighted by Crippen LogP contribution is 2.31. The molecule has 1 aromatic rings. The molecule has 1 rings (SSSR count). The fourth-order valence-corrected chi connectivity index (χ4v) is 1.83. The average molecular weight is 242 g/mol. The van der Waals surface area contributed by atoms with Crippen molar-refractivity contribution in [1.82, 2.24) is 4.90 Å². The first-order chi connectivity index (χ1) is 7.36. The summed E-state index contributed by atoms with van der Waals surface area (Å²) < 4.78 is 0. The van der Waals surface area contributed by atoms with Crippen LogP contribution in [-0.4, -0.2) is 30.1 Å². The highest BCUT2D eigenvalue weighted by atomic mass is 35.5. The summed E-state index contributed by atoms with van der Waals surface area (Å²) in [5, 5.41) is 9.59. The maximum atomic E-state index is 10.9. The fraction of sp³-hybridized carbons (Fsp3) is 0.417. The van der Waals surface area contributed by atoms with Crippen LogP contribution in [0.25, 0.3) is 0 Å². The van der Waals surface area contributed by atoms with Crippen LogP contribution in [0.4, 0.5) is 0 Å². The Hall–Kier alpha value is -1.06. The summed E-state index contributed by atoms with van der Waals surface area (Å²) in [5.41, 5.74) is 0.365. The number of hydrogen-bond donors (Lipinski definition) is 1. The third kappa shape index (κ3) is 2.74. The summed E-state index contributed by atoms with van der Waals surface area (Å²) in [6, 6.07) is 7.32. The van der Waals surface area contributed by atoms with E-state index in [-0.39, 0.29) is 6.42 Å². The number of nitrogens with zero attached hydrogens (tertiary/aromatic N) is 1. The van der Waals surface area contributed by atoms with Gasteiger partial charge in [-0.3, -0.25) is 9.69 Å². The van der Waals surface area contributed by atoms with E-state index in [0.717, 1.165) is 5.56 Å². The van der Waals surface area contributed by atoms with Gasteiger partial charge in [-0.2, -0.15) is 0 Å². The van der Waals surface area contributed by atoms with Crippen molar-refractivity contribution in [1.29, 1.82) is 0 Å². The molecule has 0 radical (unpaired) electrons. The van der Waals surface area contributed by atoms with Crippen LogP contribution in [-0.2, 0) is 10.3 Å². The van der Waals surface area contributed by atoms with E-state index in [4.69, 9.17) is 16.7 Å². The second-order valence-electron chi connectivity index (χ2n) is 4.25. The van der Waals surface area contributed by atoms with Crippen molar-refractivity contribution in [3.8, 4) is 0 Å². The molecule has 1 aromatic carbocycles. The van der Waals surface area contributed by atoms with Crippen LogP contribution in [0.2, 0.25) is 5.02 Å². The van der Waals surface area contributed by atoms with Crippen LogP contribution in [0.15, 0.2) is 24.3 Å². The van der Waals surface area contributed by atoms with Crippen molar-refractivity contribution in [2.75, 3.05) is 14.1 Å². The lowest BCUT2D eigenvalue weighted by Crippen LogP contribution is -2.40. The highest BCUT2D eigenvalue weighted by molar-refractivity contribution is 6.30. The van der Waals surface area contributed by atoms with Crippen molar-refractivity contribution in [3.05, 3.63) is 34.9 Å². The Bertz CT molecular complexity index is 392. The fourth-order valence-electron chi connectivity index (χ4n) is 1.64. The molecule has 4 heteroatoms. The lowest BCUT2D eigenvalue weighted by atomic mass is 9.87. The lowest BCUT2D eigenvalue weighted by Gasteiger charge is -2.35. The molecule has 1 atom stereocenters. The molecule has 3 nitrogen and oxygen atoms in total. The van der Waals surface area contributed by atoms with E-state index in [9.17, 15) is 4.79 Å². The van der Waals surface area contributed by atoms with Crippen LogP contribution < -0.4 is 0 Å². The molecule has 0 heterocycles. The molecule has 88 valence electrons. The molecule has 16 heavy (non-hydrogen) atoms. The van der Waals surface area contributed by atoms with E-state index in [0.29, 0.717) is 5.02 Å². The molecular formula is C12H16ClNO2. The quantitative estimate of drug-likeness (QED) is 0.881. The lowest BCUT2D eigenvalue weighted by molar-refractivity contribution is -0.140. The summed E-state index contributed by atoms with van der Waals surface area (Å²) in [7, 11) is 3.73. The van der Waals surface area contributed by atoms with E-state index < -0.39 is 11.5 Å². The molecule has 0 aliphatic rings. The Morgan fingerprint density at radius 1 is 1.50 bits per heavy atom. The van der Waals surface area contributed by atoms with Gasteiger partial charge in [0.15, 0.2) is 0 Å². The number of halogens is 1. The van der Waals surface area contributed by atoms with Gasteiger partial charge in [0.05, 0.1) is 12.0 Å². The monoisotopic (exact) mass is 241 g/mol. The largest absolute Gasteiger partial charge is 0.481 e. The van der Waals surface area contributed by atoms with E-state index in [1.54, 1.807) is 6.07 Å². The van der Waals surface area contributed by atoms with Gasteiger partial charge in [-0.15, -0.1) is 0 Å². The maximum Gasteiger partial charge on any atom is 0.305 e. The van der Waals surface area contributed by atoms with Gasteiger partial charge in [0.25, 0.3) is 0 Å². The zero-order valence-corrected chi connectivity index (χ0v) is 10.5. The maximum absolute atomic E-state index is 10.9. The van der Waals surface area contributed by atoms with Gasteiger partial charge in [0.2, 0.25) is 0 Å². The third-order valence-corrected chi connectivity index (χ3v) is 3.16. The van der Waals surface area contributed by atoms with Gasteiger partial charge in [-0.25, -0.2) is 0 Å². The van der Waals surface area contributed by atoms with Gasteiger partial charge >= 0.3 is 5.97 Å². The second-order valence-corrected chi connectivity index (χ2v) is 4.69. The Morgan fingerprint density at radius 2 is 2.12 bits per heavy atom. The van der Waals surface area contributed by atoms with Gasteiger partial charge in [-0.05, 0) is 38.7 Å². The first-order valence-corrected chi connectivity index (χ1v) is 5.39. The van der Waals surface area contributed by atoms with Crippen molar-refractivity contribution in [2.45, 2.75) is 18.9 Å². The van der Waals surface area contributed by atoms with E-state index in [1.165, 1.54) is 0 Å². The number of hydrogen-bond acceptors (Lipinski definition) is 2. The second kappa shape index (κ2) is 4.85. The SMILES string of the molecule is CN(C)C(C)(CC(=O)O)c1cccc(Cl)c1. The molecule has 0 aliphatic carbocycles. The molecule has 0 aliphatic heterocycles. The molecule has 0 aromatic heterocycles. The number of carboxylic acids is 1. The number of aliphatic carboxylic acids is 1. The van der Waals surface area contributed by atoms with E-state index >= 15 is 0 Å². The minimum Gasteiger partial charge on any atom is -0.481 e. The van der Waals surface area contributed by atoms with Gasteiger partial charge in [-0.1, -0.05) is 23.7 Å². The van der Waals surface area contributed by atoms with Gasteiger partial charge < -0.3 is 5.11 Å². The number of carbonyl (C=O) groups is 1. The Labute approximate surface area is 101 Å². The number of carboxylic acid groups (broad SMARTS) is 1. The summed E-state index contributed by atoms with van der Waals surface area (Å²) in [5.74, 6) is -0.823. The number of benzene rings is 1. The summed E-state index contributed by atoms with van der Waals surface area (Å²) in [6.45, 7) is 1.90. The minimum atomic E-state index is -0.823. The number of rotatable bonds is 4. The van der Waals surface area contributed by atoms with Crippen LogP contribution in [0.3, 0.4) is 0 Å². The first-order valence-electron chi connectivity index (χ1n) is 5.01. The molecular weight excluding hydrogens is 226 g/mol. The van der Waals surface area contributed by atoms with Gasteiger partial charge in [0, 0.05) is 5.02 Å². The van der Waals surface area contributed by atoms with Crippen molar-refractivity contribution in [3.63, 3.8) is 0 Å². The zero-order chi connectivity index (χ0) is 12.3. The third-order valence-electron chi connectivity index (χ3n) is 2.93. The standard InChI is InChI=1S/C12H16ClNO2/c1-12(14(2)3,8-11(15)16)9-5-4-6-10(13)7-9/h4-7H,8H2,1-3H3,(H,15,16). The molecule has 0 fully saturated rings. The van der Waals surface area contributed by atoms with E-state index in [2.05, 4.69) is 0 Å². The summed E-state index contributed by atoms with van der Waals surface area (Å²) >= 11 is 5.93. The van der Waals surface area contributed by atoms with Crippen LogP contribution in [0.5, 0.6) is 0 Å². The highest BCUT2D eigenvalue weighted by Gasteiger charge is 2.31. The van der Waals surface area contributed by atoms with E-state index in [1.807, 2.05) is 44.1 Å². The smallest absolute Gasteiger partial charge is 0.305 e. The minimum absolute atomic E-state index is 0.0420. The molecule has 0 saturated carbocycles. The van der Waals surface area contributed by atoms with Crippen molar-refractivity contribution < 1.29 is 9.90 Å². The predicted octanol–water partition coefficient (Wildman–Crippen LogP) is 2.59. The summed E-state index contributed by atoms with van der Waals surface area (Å²) in [4.78, 5) is 12.8. The Balaban J connectivity index is 3.16. The van der Waals surface area contributed by atoms with Crippen molar-refractivity contribution >= 4 is 17.6 Å². The Morgan fingerprint density at radius 3 is 2.56 bits per heavy atom. The molecule has 0 bridgehead atoms. The summed E-state index contributed by atoms with van der Waals surface area (Å²) in [6.07, 6.45) is 0.0420.